The Labute approximate surface area is 88.2 Å². The van der Waals surface area contributed by atoms with Crippen molar-refractivity contribution >= 4 is 5.69 Å². The van der Waals surface area contributed by atoms with Gasteiger partial charge in [-0.15, -0.1) is 0 Å². The Morgan fingerprint density at radius 3 is 2.60 bits per heavy atom. The predicted octanol–water partition coefficient (Wildman–Crippen LogP) is -0.412. The monoisotopic (exact) mass is 212 g/mol. The van der Waals surface area contributed by atoms with Gasteiger partial charge < -0.3 is 26.4 Å². The quantitative estimate of drug-likeness (QED) is 0.437. The van der Waals surface area contributed by atoms with Crippen molar-refractivity contribution in [3.63, 3.8) is 0 Å². The van der Waals surface area contributed by atoms with E-state index < -0.39 is 12.2 Å². The van der Waals surface area contributed by atoms with E-state index in [1.165, 1.54) is 18.2 Å². The molecule has 0 aliphatic rings. The van der Waals surface area contributed by atoms with Crippen LogP contribution in [-0.2, 0) is 0 Å². The van der Waals surface area contributed by atoms with E-state index in [0.717, 1.165) is 0 Å². The highest BCUT2D eigenvalue weighted by molar-refractivity contribution is 5.52. The topological polar surface area (TPSA) is 98.7 Å². The van der Waals surface area contributed by atoms with Gasteiger partial charge in [0.15, 0.2) is 0 Å². The molecule has 0 amide bonds. The number of benzene rings is 1. The molecular weight excluding hydrogens is 196 g/mol. The van der Waals surface area contributed by atoms with E-state index in [0.29, 0.717) is 5.56 Å². The second kappa shape index (κ2) is 4.97. The van der Waals surface area contributed by atoms with Gasteiger partial charge in [-0.05, 0) is 13.1 Å². The number of aromatic hydroxyl groups is 1. The van der Waals surface area contributed by atoms with Gasteiger partial charge in [0, 0.05) is 23.9 Å². The van der Waals surface area contributed by atoms with Crippen molar-refractivity contribution in [2.75, 3.05) is 19.3 Å². The van der Waals surface area contributed by atoms with Crippen molar-refractivity contribution in [1.29, 1.82) is 0 Å². The molecule has 1 aromatic carbocycles. The van der Waals surface area contributed by atoms with Crippen molar-refractivity contribution in [1.82, 2.24) is 5.32 Å². The first-order chi connectivity index (χ1) is 7.06. The molecule has 2 atom stereocenters. The fraction of sp³-hybridized carbons (Fsp3) is 0.400. The number of phenols is 1. The Kier molecular flexibility index (Phi) is 3.90. The predicted molar refractivity (Wildman–Crippen MR) is 57.4 cm³/mol. The minimum Gasteiger partial charge on any atom is -0.508 e. The van der Waals surface area contributed by atoms with Gasteiger partial charge in [-0.2, -0.15) is 0 Å². The summed E-state index contributed by atoms with van der Waals surface area (Å²) in [6, 6.07) is 4.25. The first-order valence-corrected chi connectivity index (χ1v) is 4.65. The molecule has 1 rings (SSSR count). The molecule has 0 saturated carbocycles. The van der Waals surface area contributed by atoms with Crippen LogP contribution in [0.3, 0.4) is 0 Å². The third-order valence-corrected chi connectivity index (χ3v) is 2.17. The van der Waals surface area contributed by atoms with Crippen LogP contribution in [-0.4, -0.2) is 35.0 Å². The maximum absolute atomic E-state index is 9.74. The SMILES string of the molecule is CNCC(O)C(O)c1ccc(O)cc1N. The second-order valence-electron chi connectivity index (χ2n) is 3.38. The van der Waals surface area contributed by atoms with E-state index in [4.69, 9.17) is 10.8 Å². The molecule has 0 fully saturated rings. The summed E-state index contributed by atoms with van der Waals surface area (Å²) in [6.07, 6.45) is -1.99. The van der Waals surface area contributed by atoms with Crippen LogP contribution in [0.5, 0.6) is 5.75 Å². The zero-order chi connectivity index (χ0) is 11.4. The summed E-state index contributed by atoms with van der Waals surface area (Å²) in [7, 11) is 1.68. The fourth-order valence-corrected chi connectivity index (χ4v) is 1.36. The number of aliphatic hydroxyl groups excluding tert-OH is 2. The van der Waals surface area contributed by atoms with Crippen molar-refractivity contribution in [2.24, 2.45) is 0 Å². The molecule has 0 spiro atoms. The van der Waals surface area contributed by atoms with E-state index in [2.05, 4.69) is 5.32 Å². The van der Waals surface area contributed by atoms with Crippen molar-refractivity contribution in [2.45, 2.75) is 12.2 Å². The summed E-state index contributed by atoms with van der Waals surface area (Å²) >= 11 is 0. The zero-order valence-corrected chi connectivity index (χ0v) is 8.51. The molecule has 0 aromatic heterocycles. The minimum absolute atomic E-state index is 0.0338. The summed E-state index contributed by atoms with van der Waals surface area (Å²) in [5.74, 6) is 0.0338. The maximum atomic E-state index is 9.74. The highest BCUT2D eigenvalue weighted by atomic mass is 16.3. The van der Waals surface area contributed by atoms with Crippen LogP contribution in [0.25, 0.3) is 0 Å². The van der Waals surface area contributed by atoms with Gasteiger partial charge in [-0.25, -0.2) is 0 Å². The normalized spacial score (nSPS) is 14.9. The van der Waals surface area contributed by atoms with E-state index in [1.54, 1.807) is 7.05 Å². The van der Waals surface area contributed by atoms with Gasteiger partial charge >= 0.3 is 0 Å². The maximum Gasteiger partial charge on any atom is 0.117 e. The van der Waals surface area contributed by atoms with Crippen LogP contribution in [0.4, 0.5) is 5.69 Å². The van der Waals surface area contributed by atoms with Gasteiger partial charge in [0.05, 0.1) is 6.10 Å². The van der Waals surface area contributed by atoms with Crippen LogP contribution < -0.4 is 11.1 Å². The number of aliphatic hydroxyl groups is 2. The Bertz CT molecular complexity index is 330. The lowest BCUT2D eigenvalue weighted by atomic mass is 10.0. The molecule has 0 bridgehead atoms. The Hall–Kier alpha value is -1.30. The molecule has 0 radical (unpaired) electrons. The number of phenolic OH excluding ortho intramolecular Hbond substituents is 1. The molecule has 0 aliphatic heterocycles. The van der Waals surface area contributed by atoms with Crippen LogP contribution >= 0.6 is 0 Å². The smallest absolute Gasteiger partial charge is 0.117 e. The molecule has 5 nitrogen and oxygen atoms in total. The largest absolute Gasteiger partial charge is 0.508 e. The van der Waals surface area contributed by atoms with Crippen molar-refractivity contribution in [3.8, 4) is 5.75 Å². The highest BCUT2D eigenvalue weighted by Gasteiger charge is 2.19. The number of rotatable bonds is 4. The molecule has 5 heteroatoms. The fourth-order valence-electron chi connectivity index (χ4n) is 1.36. The summed E-state index contributed by atoms with van der Waals surface area (Å²) in [6.45, 7) is 0.265. The molecule has 0 heterocycles. The molecule has 84 valence electrons. The number of anilines is 1. The van der Waals surface area contributed by atoms with Crippen LogP contribution in [0.15, 0.2) is 18.2 Å². The lowest BCUT2D eigenvalue weighted by Gasteiger charge is -2.19. The Morgan fingerprint density at radius 2 is 2.07 bits per heavy atom. The average Bonchev–Trinajstić information content (AvgIpc) is 2.17. The summed E-state index contributed by atoms with van der Waals surface area (Å²) in [5, 5.41) is 31.1. The summed E-state index contributed by atoms with van der Waals surface area (Å²) in [5.41, 5.74) is 6.28. The van der Waals surface area contributed by atoms with Gasteiger partial charge in [0.1, 0.15) is 11.9 Å². The first-order valence-electron chi connectivity index (χ1n) is 4.65. The lowest BCUT2D eigenvalue weighted by Crippen LogP contribution is -2.29. The molecule has 15 heavy (non-hydrogen) atoms. The van der Waals surface area contributed by atoms with Crippen LogP contribution in [0, 0.1) is 0 Å². The van der Waals surface area contributed by atoms with Crippen molar-refractivity contribution < 1.29 is 15.3 Å². The average molecular weight is 212 g/mol. The number of hydrogen-bond donors (Lipinski definition) is 5. The van der Waals surface area contributed by atoms with E-state index in [-0.39, 0.29) is 18.0 Å². The number of nitrogen functional groups attached to an aromatic ring is 1. The molecule has 0 aliphatic carbocycles. The standard InChI is InChI=1S/C10H16N2O3/c1-12-5-9(14)10(15)7-3-2-6(13)4-8(7)11/h2-4,9-10,12-15H,5,11H2,1H3. The third kappa shape index (κ3) is 2.82. The second-order valence-corrected chi connectivity index (χ2v) is 3.38. The Morgan fingerprint density at radius 1 is 1.40 bits per heavy atom. The van der Waals surface area contributed by atoms with Gasteiger partial charge in [0.25, 0.3) is 0 Å². The van der Waals surface area contributed by atoms with E-state index in [9.17, 15) is 10.2 Å². The van der Waals surface area contributed by atoms with Crippen LogP contribution in [0.1, 0.15) is 11.7 Å². The molecule has 1 aromatic rings. The first kappa shape index (κ1) is 11.8. The van der Waals surface area contributed by atoms with Crippen LogP contribution in [0.2, 0.25) is 0 Å². The van der Waals surface area contributed by atoms with Gasteiger partial charge in [0.2, 0.25) is 0 Å². The van der Waals surface area contributed by atoms with Crippen molar-refractivity contribution in [3.05, 3.63) is 23.8 Å². The number of likely N-dealkylation sites (N-methyl/N-ethyl adjacent to an activating group) is 1. The third-order valence-electron chi connectivity index (χ3n) is 2.17. The number of nitrogens with two attached hydrogens (primary N) is 1. The van der Waals surface area contributed by atoms with E-state index >= 15 is 0 Å². The molecule has 2 unspecified atom stereocenters. The summed E-state index contributed by atoms with van der Waals surface area (Å²) < 4.78 is 0. The number of hydrogen-bond acceptors (Lipinski definition) is 5. The van der Waals surface area contributed by atoms with Gasteiger partial charge in [-0.3, -0.25) is 0 Å². The van der Waals surface area contributed by atoms with Gasteiger partial charge in [-0.1, -0.05) is 6.07 Å². The number of nitrogens with one attached hydrogen (secondary N) is 1. The highest BCUT2D eigenvalue weighted by Crippen LogP contribution is 2.26. The van der Waals surface area contributed by atoms with E-state index in [1.807, 2.05) is 0 Å². The zero-order valence-electron chi connectivity index (χ0n) is 8.51. The molecule has 0 saturated heterocycles. The Balaban J connectivity index is 2.86. The molecule has 6 N–H and O–H groups in total. The molecular formula is C10H16N2O3. The lowest BCUT2D eigenvalue weighted by molar-refractivity contribution is 0.0206. The summed E-state index contributed by atoms with van der Waals surface area (Å²) in [4.78, 5) is 0. The minimum atomic E-state index is -1.06.